The van der Waals surface area contributed by atoms with E-state index in [1.165, 1.54) is 0 Å². The number of oxazole rings is 1. The van der Waals surface area contributed by atoms with Crippen molar-refractivity contribution in [3.05, 3.63) is 66.1 Å². The zero-order valence-electron chi connectivity index (χ0n) is 18.9. The molecule has 0 spiro atoms. The largest absolute Gasteiger partial charge is 0.452 e. The maximum Gasteiger partial charge on any atom is 0.452 e. The van der Waals surface area contributed by atoms with Crippen molar-refractivity contribution >= 4 is 23.3 Å². The summed E-state index contributed by atoms with van der Waals surface area (Å²) in [4.78, 5) is 32.3. The van der Waals surface area contributed by atoms with E-state index in [1.807, 2.05) is 6.92 Å². The van der Waals surface area contributed by atoms with Crippen LogP contribution in [0.3, 0.4) is 0 Å². The molecular formula is C24H24F3N5O3. The number of hydrogen-bond acceptors (Lipinski definition) is 5. The predicted octanol–water partition coefficient (Wildman–Crippen LogP) is 4.46. The predicted molar refractivity (Wildman–Crippen MR) is 124 cm³/mol. The van der Waals surface area contributed by atoms with Gasteiger partial charge in [-0.3, -0.25) is 4.79 Å². The SMILES string of the molecule is CCNC(=O)N1CCN(c2ccc(NC(=O)c3nc(-c4ccccc4)oc3C(F)(F)F)cc2)CC1. The molecule has 2 N–H and O–H groups in total. The summed E-state index contributed by atoms with van der Waals surface area (Å²) in [6, 6.07) is 14.7. The molecule has 0 aliphatic carbocycles. The molecule has 0 unspecified atom stereocenters. The van der Waals surface area contributed by atoms with Crippen molar-refractivity contribution in [3.63, 3.8) is 0 Å². The Kier molecular flexibility index (Phi) is 6.94. The molecular weight excluding hydrogens is 463 g/mol. The molecule has 4 rings (SSSR count). The molecule has 0 bridgehead atoms. The monoisotopic (exact) mass is 487 g/mol. The van der Waals surface area contributed by atoms with Gasteiger partial charge in [-0.15, -0.1) is 0 Å². The van der Waals surface area contributed by atoms with E-state index in [1.54, 1.807) is 59.5 Å². The number of piperazine rings is 1. The molecule has 2 heterocycles. The van der Waals surface area contributed by atoms with E-state index >= 15 is 0 Å². The van der Waals surface area contributed by atoms with E-state index in [0.717, 1.165) is 5.69 Å². The van der Waals surface area contributed by atoms with E-state index in [-0.39, 0.29) is 11.9 Å². The molecule has 11 heteroatoms. The van der Waals surface area contributed by atoms with E-state index in [0.29, 0.717) is 44.0 Å². The van der Waals surface area contributed by atoms with Gasteiger partial charge >= 0.3 is 12.2 Å². The van der Waals surface area contributed by atoms with Crippen LogP contribution in [0.15, 0.2) is 59.0 Å². The van der Waals surface area contributed by atoms with E-state index < -0.39 is 23.5 Å². The molecule has 1 saturated heterocycles. The molecule has 8 nitrogen and oxygen atoms in total. The van der Waals surface area contributed by atoms with Crippen molar-refractivity contribution in [1.29, 1.82) is 0 Å². The van der Waals surface area contributed by atoms with Gasteiger partial charge in [0.15, 0.2) is 5.69 Å². The number of carbonyl (C=O) groups excluding carboxylic acids is 2. The summed E-state index contributed by atoms with van der Waals surface area (Å²) in [6.45, 7) is 4.85. The zero-order chi connectivity index (χ0) is 25.0. The Labute approximate surface area is 199 Å². The Morgan fingerprint density at radius 1 is 1.00 bits per heavy atom. The van der Waals surface area contributed by atoms with E-state index in [2.05, 4.69) is 20.5 Å². The third-order valence-electron chi connectivity index (χ3n) is 5.51. The van der Waals surface area contributed by atoms with Gasteiger partial charge in [-0.25, -0.2) is 9.78 Å². The van der Waals surface area contributed by atoms with Gasteiger partial charge in [-0.2, -0.15) is 13.2 Å². The lowest BCUT2D eigenvalue weighted by atomic mass is 10.2. The molecule has 1 aromatic heterocycles. The smallest absolute Gasteiger partial charge is 0.431 e. The van der Waals surface area contributed by atoms with Gasteiger partial charge in [0.1, 0.15) is 0 Å². The number of hydrogen-bond donors (Lipinski definition) is 2. The van der Waals surface area contributed by atoms with Crippen LogP contribution in [0, 0.1) is 0 Å². The zero-order valence-corrected chi connectivity index (χ0v) is 18.9. The van der Waals surface area contributed by atoms with E-state index in [4.69, 9.17) is 4.42 Å². The quantitative estimate of drug-likeness (QED) is 0.555. The van der Waals surface area contributed by atoms with Crippen LogP contribution >= 0.6 is 0 Å². The number of benzene rings is 2. The van der Waals surface area contributed by atoms with E-state index in [9.17, 15) is 22.8 Å². The lowest BCUT2D eigenvalue weighted by Gasteiger charge is -2.36. The minimum Gasteiger partial charge on any atom is -0.431 e. The normalized spacial score (nSPS) is 14.1. The molecule has 184 valence electrons. The maximum absolute atomic E-state index is 13.5. The molecule has 35 heavy (non-hydrogen) atoms. The fourth-order valence-electron chi connectivity index (χ4n) is 3.75. The van der Waals surface area contributed by atoms with Crippen LogP contribution < -0.4 is 15.5 Å². The Morgan fingerprint density at radius 3 is 2.26 bits per heavy atom. The number of amides is 3. The summed E-state index contributed by atoms with van der Waals surface area (Å²) in [5.74, 6) is -2.76. The first-order valence-corrected chi connectivity index (χ1v) is 11.1. The number of alkyl halides is 3. The maximum atomic E-state index is 13.5. The number of halogens is 3. The number of aromatic nitrogens is 1. The molecule has 0 atom stereocenters. The molecule has 2 aromatic carbocycles. The van der Waals surface area contributed by atoms with Crippen LogP contribution in [-0.4, -0.2) is 54.5 Å². The van der Waals surface area contributed by atoms with Gasteiger partial charge in [-0.05, 0) is 43.3 Å². The second-order valence-corrected chi connectivity index (χ2v) is 7.87. The van der Waals surface area contributed by atoms with Crippen LogP contribution in [0.1, 0.15) is 23.2 Å². The van der Waals surface area contributed by atoms with Gasteiger partial charge in [0.05, 0.1) is 0 Å². The Bertz CT molecular complexity index is 1170. The van der Waals surface area contributed by atoms with Gasteiger partial charge in [0.2, 0.25) is 11.7 Å². The molecule has 3 aromatic rings. The fourth-order valence-corrected chi connectivity index (χ4v) is 3.75. The third kappa shape index (κ3) is 5.56. The van der Waals surface area contributed by atoms with Crippen LogP contribution in [0.25, 0.3) is 11.5 Å². The summed E-state index contributed by atoms with van der Waals surface area (Å²) in [6.07, 6.45) is -4.88. The van der Waals surface area contributed by atoms with Gasteiger partial charge in [-0.1, -0.05) is 18.2 Å². The Hall–Kier alpha value is -4.02. The lowest BCUT2D eigenvalue weighted by molar-refractivity contribution is -0.153. The summed E-state index contributed by atoms with van der Waals surface area (Å²) in [5.41, 5.74) is 0.690. The molecule has 1 aliphatic rings. The minimum absolute atomic E-state index is 0.0910. The number of nitrogens with one attached hydrogen (secondary N) is 2. The molecule has 0 saturated carbocycles. The van der Waals surface area contributed by atoms with Crippen LogP contribution in [-0.2, 0) is 6.18 Å². The number of anilines is 2. The first kappa shape index (κ1) is 24.1. The van der Waals surface area contributed by atoms with Crippen molar-refractivity contribution in [1.82, 2.24) is 15.2 Å². The highest BCUT2D eigenvalue weighted by Crippen LogP contribution is 2.35. The third-order valence-corrected chi connectivity index (χ3v) is 5.51. The second kappa shape index (κ2) is 10.1. The number of rotatable bonds is 5. The van der Waals surface area contributed by atoms with Crippen LogP contribution in [0.4, 0.5) is 29.3 Å². The van der Waals surface area contributed by atoms with Crippen molar-refractivity contribution in [2.45, 2.75) is 13.1 Å². The Balaban J connectivity index is 1.44. The summed E-state index contributed by atoms with van der Waals surface area (Å²) in [7, 11) is 0. The van der Waals surface area contributed by atoms with Crippen molar-refractivity contribution in [2.24, 2.45) is 0 Å². The molecule has 0 radical (unpaired) electrons. The average molecular weight is 487 g/mol. The van der Waals surface area contributed by atoms with Crippen LogP contribution in [0.2, 0.25) is 0 Å². The summed E-state index contributed by atoms with van der Waals surface area (Å²) in [5, 5.41) is 5.24. The van der Waals surface area contributed by atoms with Gasteiger partial charge in [0.25, 0.3) is 5.91 Å². The second-order valence-electron chi connectivity index (χ2n) is 7.87. The highest BCUT2D eigenvalue weighted by atomic mass is 19.4. The lowest BCUT2D eigenvalue weighted by Crippen LogP contribution is -2.51. The van der Waals surface area contributed by atoms with Crippen molar-refractivity contribution < 1.29 is 27.2 Å². The van der Waals surface area contributed by atoms with Crippen molar-refractivity contribution in [2.75, 3.05) is 42.9 Å². The van der Waals surface area contributed by atoms with Crippen LogP contribution in [0.5, 0.6) is 0 Å². The fraction of sp³-hybridized carbons (Fsp3) is 0.292. The number of nitrogens with zero attached hydrogens (tertiary/aromatic N) is 3. The highest BCUT2D eigenvalue weighted by molar-refractivity contribution is 6.04. The Morgan fingerprint density at radius 2 is 1.66 bits per heavy atom. The van der Waals surface area contributed by atoms with Gasteiger partial charge < -0.3 is 24.9 Å². The number of carbonyl (C=O) groups is 2. The topological polar surface area (TPSA) is 90.7 Å². The van der Waals surface area contributed by atoms with Gasteiger partial charge in [0, 0.05) is 49.7 Å². The summed E-state index contributed by atoms with van der Waals surface area (Å²) >= 11 is 0. The first-order valence-electron chi connectivity index (χ1n) is 11.1. The van der Waals surface area contributed by atoms with Crippen molar-refractivity contribution in [3.8, 4) is 11.5 Å². The number of urea groups is 1. The molecule has 3 amide bonds. The minimum atomic E-state index is -4.88. The summed E-state index contributed by atoms with van der Waals surface area (Å²) < 4.78 is 45.5. The average Bonchev–Trinajstić information content (AvgIpc) is 3.32. The first-order chi connectivity index (χ1) is 16.8. The standard InChI is InChI=1S/C24H24F3N5O3/c1-2-28-23(34)32-14-12-31(13-15-32)18-10-8-17(9-11-18)29-21(33)19-20(24(25,26)27)35-22(30-19)16-6-4-3-5-7-16/h3-11H,2,12-15H2,1H3,(H,28,34)(H,29,33). The highest BCUT2D eigenvalue weighted by Gasteiger charge is 2.42. The molecule has 1 aliphatic heterocycles. The molecule has 1 fully saturated rings.